The molecule has 0 saturated heterocycles. The monoisotopic (exact) mass is 298 g/mol. The van der Waals surface area contributed by atoms with E-state index < -0.39 is 0 Å². The topological polar surface area (TPSA) is 75.7 Å². The van der Waals surface area contributed by atoms with E-state index in [2.05, 4.69) is 10.1 Å². The van der Waals surface area contributed by atoms with Gasteiger partial charge in [0.25, 0.3) is 5.91 Å². The van der Waals surface area contributed by atoms with Crippen LogP contribution >= 0.6 is 11.3 Å². The van der Waals surface area contributed by atoms with Crippen LogP contribution in [0.1, 0.15) is 23.2 Å². The number of methoxy groups -OCH3 is 1. The third-order valence-corrected chi connectivity index (χ3v) is 3.40. The summed E-state index contributed by atoms with van der Waals surface area (Å²) < 4.78 is 4.50. The highest BCUT2D eigenvalue weighted by Gasteiger charge is 2.11. The van der Waals surface area contributed by atoms with Gasteiger partial charge in [-0.2, -0.15) is 11.3 Å². The molecule has 0 unspecified atom stereocenters. The quantitative estimate of drug-likeness (QED) is 0.759. The van der Waals surface area contributed by atoms with Gasteiger partial charge in [-0.25, -0.2) is 0 Å². The van der Waals surface area contributed by atoms with E-state index in [1.807, 2.05) is 5.38 Å². The van der Waals surface area contributed by atoms with Gasteiger partial charge >= 0.3 is 5.97 Å². The Morgan fingerprint density at radius 3 is 2.70 bits per heavy atom. The van der Waals surface area contributed by atoms with Crippen molar-refractivity contribution in [1.29, 1.82) is 0 Å². The Bertz CT molecular complexity index is 459. The van der Waals surface area contributed by atoms with Crippen LogP contribution in [0, 0.1) is 0 Å². The third-order valence-electron chi connectivity index (χ3n) is 2.71. The lowest BCUT2D eigenvalue weighted by Crippen LogP contribution is -2.33. The molecule has 0 bridgehead atoms. The minimum absolute atomic E-state index is 0.125. The van der Waals surface area contributed by atoms with E-state index in [1.165, 1.54) is 23.3 Å². The Hall–Kier alpha value is -1.89. The summed E-state index contributed by atoms with van der Waals surface area (Å²) in [7, 11) is 2.93. The zero-order valence-electron chi connectivity index (χ0n) is 11.5. The van der Waals surface area contributed by atoms with Gasteiger partial charge in [0.2, 0.25) is 5.91 Å². The van der Waals surface area contributed by atoms with Gasteiger partial charge in [-0.1, -0.05) is 0 Å². The first-order valence-corrected chi connectivity index (χ1v) is 7.10. The zero-order chi connectivity index (χ0) is 15.0. The lowest BCUT2D eigenvalue weighted by molar-refractivity contribution is -0.141. The number of nitrogens with zero attached hydrogens (tertiary/aromatic N) is 1. The molecular weight excluding hydrogens is 280 g/mol. The molecule has 1 rings (SSSR count). The second kappa shape index (κ2) is 8.31. The van der Waals surface area contributed by atoms with E-state index >= 15 is 0 Å². The Kier molecular flexibility index (Phi) is 6.72. The van der Waals surface area contributed by atoms with Crippen LogP contribution < -0.4 is 5.32 Å². The molecule has 0 aliphatic rings. The maximum absolute atomic E-state index is 11.7. The van der Waals surface area contributed by atoms with Gasteiger partial charge in [0.05, 0.1) is 13.5 Å². The number of hydrogen-bond acceptors (Lipinski definition) is 5. The highest BCUT2D eigenvalue weighted by molar-refractivity contribution is 7.08. The summed E-state index contributed by atoms with van der Waals surface area (Å²) in [6.07, 6.45) is 0.369. The van der Waals surface area contributed by atoms with Gasteiger partial charge in [0, 0.05) is 37.5 Å². The molecule has 0 fully saturated rings. The highest BCUT2D eigenvalue weighted by Crippen LogP contribution is 2.05. The molecule has 0 spiro atoms. The molecular formula is C13H18N2O4S. The summed E-state index contributed by atoms with van der Waals surface area (Å²) in [6, 6.07) is 1.73. The van der Waals surface area contributed by atoms with Crippen molar-refractivity contribution in [1.82, 2.24) is 10.2 Å². The summed E-state index contributed by atoms with van der Waals surface area (Å²) in [5.74, 6) is -0.661. The fourth-order valence-electron chi connectivity index (χ4n) is 1.46. The molecule has 0 radical (unpaired) electrons. The van der Waals surface area contributed by atoms with Crippen molar-refractivity contribution >= 4 is 29.1 Å². The number of amides is 2. The molecule has 2 amide bonds. The van der Waals surface area contributed by atoms with Gasteiger partial charge in [-0.05, 0) is 11.4 Å². The van der Waals surface area contributed by atoms with E-state index in [1.54, 1.807) is 18.5 Å². The predicted molar refractivity (Wildman–Crippen MR) is 75.5 cm³/mol. The minimum Gasteiger partial charge on any atom is -0.469 e. The number of nitrogens with one attached hydrogen (secondary N) is 1. The Morgan fingerprint density at radius 2 is 2.10 bits per heavy atom. The molecule has 1 heterocycles. The average Bonchev–Trinajstić information content (AvgIpc) is 2.98. The van der Waals surface area contributed by atoms with Crippen molar-refractivity contribution < 1.29 is 19.1 Å². The molecule has 0 atom stereocenters. The summed E-state index contributed by atoms with van der Waals surface area (Å²) in [4.78, 5) is 35.8. The maximum Gasteiger partial charge on any atom is 0.307 e. The summed E-state index contributed by atoms with van der Waals surface area (Å²) in [5, 5.41) is 6.25. The molecule has 7 heteroatoms. The number of esters is 1. The first-order valence-electron chi connectivity index (χ1n) is 6.15. The maximum atomic E-state index is 11.7. The van der Waals surface area contributed by atoms with E-state index in [0.29, 0.717) is 12.1 Å². The van der Waals surface area contributed by atoms with Crippen LogP contribution in [0.25, 0.3) is 0 Å². The fourth-order valence-corrected chi connectivity index (χ4v) is 2.09. The SMILES string of the molecule is COC(=O)CCN(C)C(=O)CCNC(=O)c1ccsc1. The van der Waals surface area contributed by atoms with Gasteiger partial charge in [0.1, 0.15) is 0 Å². The van der Waals surface area contributed by atoms with Gasteiger partial charge in [-0.3, -0.25) is 14.4 Å². The lowest BCUT2D eigenvalue weighted by Gasteiger charge is -2.16. The Labute approximate surface area is 121 Å². The van der Waals surface area contributed by atoms with Gasteiger partial charge in [0.15, 0.2) is 0 Å². The average molecular weight is 298 g/mol. The first kappa shape index (κ1) is 16.2. The third kappa shape index (κ3) is 5.40. The first-order chi connectivity index (χ1) is 9.54. The van der Waals surface area contributed by atoms with E-state index in [0.717, 1.165) is 0 Å². The van der Waals surface area contributed by atoms with Crippen molar-refractivity contribution in [3.8, 4) is 0 Å². The largest absolute Gasteiger partial charge is 0.469 e. The van der Waals surface area contributed by atoms with Crippen molar-refractivity contribution in [2.24, 2.45) is 0 Å². The van der Waals surface area contributed by atoms with Crippen LogP contribution in [0.15, 0.2) is 16.8 Å². The van der Waals surface area contributed by atoms with Crippen LogP contribution in [0.3, 0.4) is 0 Å². The smallest absolute Gasteiger partial charge is 0.307 e. The summed E-state index contributed by atoms with van der Waals surface area (Å²) in [6.45, 7) is 0.583. The number of ether oxygens (including phenoxy) is 1. The van der Waals surface area contributed by atoms with Crippen molar-refractivity contribution in [2.75, 3.05) is 27.2 Å². The second-order valence-corrected chi connectivity index (χ2v) is 4.94. The van der Waals surface area contributed by atoms with Crippen LogP contribution in [-0.2, 0) is 14.3 Å². The predicted octanol–water partition coefficient (Wildman–Crippen LogP) is 0.889. The fraction of sp³-hybridized carbons (Fsp3) is 0.462. The number of rotatable bonds is 7. The van der Waals surface area contributed by atoms with Crippen LogP contribution in [-0.4, -0.2) is 49.9 Å². The highest BCUT2D eigenvalue weighted by atomic mass is 32.1. The molecule has 1 aromatic rings. The molecule has 110 valence electrons. The van der Waals surface area contributed by atoms with E-state index in [-0.39, 0.29) is 37.2 Å². The zero-order valence-corrected chi connectivity index (χ0v) is 12.4. The number of hydrogen-bond donors (Lipinski definition) is 1. The summed E-state index contributed by atoms with van der Waals surface area (Å²) >= 11 is 1.44. The lowest BCUT2D eigenvalue weighted by atomic mass is 10.3. The van der Waals surface area contributed by atoms with E-state index in [4.69, 9.17) is 0 Å². The number of carbonyl (C=O) groups excluding carboxylic acids is 3. The molecule has 0 saturated carbocycles. The molecule has 0 aliphatic heterocycles. The molecule has 6 nitrogen and oxygen atoms in total. The Morgan fingerprint density at radius 1 is 1.35 bits per heavy atom. The van der Waals surface area contributed by atoms with Crippen molar-refractivity contribution in [3.05, 3.63) is 22.4 Å². The van der Waals surface area contributed by atoms with Crippen LogP contribution in [0.2, 0.25) is 0 Å². The van der Waals surface area contributed by atoms with Crippen LogP contribution in [0.4, 0.5) is 0 Å². The molecule has 0 aromatic carbocycles. The standard InChI is InChI=1S/C13H18N2O4S/c1-15(7-4-12(17)19-2)11(16)3-6-14-13(18)10-5-8-20-9-10/h5,8-9H,3-4,6-7H2,1-2H3,(H,14,18). The van der Waals surface area contributed by atoms with E-state index in [9.17, 15) is 14.4 Å². The molecule has 1 aromatic heterocycles. The molecule has 0 aliphatic carbocycles. The molecule has 20 heavy (non-hydrogen) atoms. The normalized spacial score (nSPS) is 9.90. The number of carbonyl (C=O) groups is 3. The Balaban J connectivity index is 2.22. The summed E-state index contributed by atoms with van der Waals surface area (Å²) in [5.41, 5.74) is 0.599. The minimum atomic E-state index is -0.351. The molecule has 1 N–H and O–H groups in total. The van der Waals surface area contributed by atoms with Crippen LogP contribution in [0.5, 0.6) is 0 Å². The van der Waals surface area contributed by atoms with Crippen molar-refractivity contribution in [2.45, 2.75) is 12.8 Å². The number of thiophene rings is 1. The van der Waals surface area contributed by atoms with Gasteiger partial charge < -0.3 is 15.0 Å². The second-order valence-electron chi connectivity index (χ2n) is 4.16. The van der Waals surface area contributed by atoms with Crippen molar-refractivity contribution in [3.63, 3.8) is 0 Å². The van der Waals surface area contributed by atoms with Gasteiger partial charge in [-0.15, -0.1) is 0 Å².